The molecule has 0 aliphatic heterocycles. The van der Waals surface area contributed by atoms with E-state index in [2.05, 4.69) is 15.1 Å². The second kappa shape index (κ2) is 8.87. The van der Waals surface area contributed by atoms with Gasteiger partial charge in [-0.1, -0.05) is 12.1 Å². The number of aryl methyl sites for hydroxylation is 2. The largest absolute Gasteiger partial charge is 0.352 e. The van der Waals surface area contributed by atoms with Crippen molar-refractivity contribution in [1.82, 2.24) is 15.1 Å². The molecule has 3 aromatic rings. The standard InChI is InChI=1S/C20H21FN4O3S/c1-15-13-23-25(14-15)12-4-11-22-20(26)16-7-9-17(10-8-16)29(27,28)24-19-6-3-2-5-18(19)21/h2-3,5-10,13-14,24H,4,11-12H2,1H3,(H,22,26). The van der Waals surface area contributed by atoms with Crippen molar-refractivity contribution in [3.05, 3.63) is 77.9 Å². The van der Waals surface area contributed by atoms with Crippen molar-refractivity contribution in [1.29, 1.82) is 0 Å². The van der Waals surface area contributed by atoms with Crippen molar-refractivity contribution in [2.75, 3.05) is 11.3 Å². The van der Waals surface area contributed by atoms with Crippen molar-refractivity contribution in [3.63, 3.8) is 0 Å². The lowest BCUT2D eigenvalue weighted by molar-refractivity contribution is 0.0952. The number of halogens is 1. The Morgan fingerprint density at radius 1 is 1.14 bits per heavy atom. The number of hydrogen-bond donors (Lipinski definition) is 2. The minimum Gasteiger partial charge on any atom is -0.352 e. The van der Waals surface area contributed by atoms with Gasteiger partial charge in [0.05, 0.1) is 16.8 Å². The molecule has 7 nitrogen and oxygen atoms in total. The molecule has 0 unspecified atom stereocenters. The third-order valence-corrected chi connectivity index (χ3v) is 5.54. The zero-order valence-corrected chi connectivity index (χ0v) is 16.6. The van der Waals surface area contributed by atoms with E-state index in [-0.39, 0.29) is 16.5 Å². The number of rotatable bonds is 8. The summed E-state index contributed by atoms with van der Waals surface area (Å²) >= 11 is 0. The summed E-state index contributed by atoms with van der Waals surface area (Å²) in [7, 11) is -3.96. The van der Waals surface area contributed by atoms with Gasteiger partial charge in [0.2, 0.25) is 0 Å². The summed E-state index contributed by atoms with van der Waals surface area (Å²) in [4.78, 5) is 12.1. The number of anilines is 1. The first-order valence-corrected chi connectivity index (χ1v) is 10.5. The highest BCUT2D eigenvalue weighted by Gasteiger charge is 2.16. The number of nitrogens with one attached hydrogen (secondary N) is 2. The van der Waals surface area contributed by atoms with Gasteiger partial charge in [0.25, 0.3) is 15.9 Å². The Bertz CT molecular complexity index is 1090. The quantitative estimate of drug-likeness (QED) is 0.552. The molecular formula is C20H21FN4O3S. The Morgan fingerprint density at radius 3 is 2.52 bits per heavy atom. The molecule has 29 heavy (non-hydrogen) atoms. The zero-order chi connectivity index (χ0) is 20.9. The molecule has 1 amide bonds. The second-order valence-corrected chi connectivity index (χ2v) is 8.18. The predicted octanol–water partition coefficient (Wildman–Crippen LogP) is 2.95. The summed E-state index contributed by atoms with van der Waals surface area (Å²) in [6.07, 6.45) is 4.41. The van der Waals surface area contributed by atoms with Crippen molar-refractivity contribution < 1.29 is 17.6 Å². The van der Waals surface area contributed by atoms with Crippen LogP contribution >= 0.6 is 0 Å². The van der Waals surface area contributed by atoms with Gasteiger partial charge >= 0.3 is 0 Å². The maximum atomic E-state index is 13.7. The average molecular weight is 416 g/mol. The molecular weight excluding hydrogens is 395 g/mol. The summed E-state index contributed by atoms with van der Waals surface area (Å²) in [5.41, 5.74) is 1.28. The van der Waals surface area contributed by atoms with Crippen LogP contribution in [-0.4, -0.2) is 30.7 Å². The van der Waals surface area contributed by atoms with Crippen molar-refractivity contribution in [2.45, 2.75) is 24.8 Å². The number of sulfonamides is 1. The fourth-order valence-electron chi connectivity index (χ4n) is 2.67. The lowest BCUT2D eigenvalue weighted by Crippen LogP contribution is -2.25. The minimum absolute atomic E-state index is 0.0636. The second-order valence-electron chi connectivity index (χ2n) is 6.50. The highest BCUT2D eigenvalue weighted by molar-refractivity contribution is 7.92. The maximum Gasteiger partial charge on any atom is 0.261 e. The number of carbonyl (C=O) groups is 1. The molecule has 3 rings (SSSR count). The van der Waals surface area contributed by atoms with Gasteiger partial charge < -0.3 is 5.32 Å². The minimum atomic E-state index is -3.96. The number of amides is 1. The van der Waals surface area contributed by atoms with E-state index >= 15 is 0 Å². The van der Waals surface area contributed by atoms with E-state index in [9.17, 15) is 17.6 Å². The van der Waals surface area contributed by atoms with E-state index in [1.54, 1.807) is 6.20 Å². The zero-order valence-electron chi connectivity index (χ0n) is 15.8. The molecule has 0 aliphatic rings. The van der Waals surface area contributed by atoms with Gasteiger partial charge in [-0.3, -0.25) is 14.2 Å². The molecule has 0 saturated carbocycles. The number of carbonyl (C=O) groups excluding carboxylic acids is 1. The average Bonchev–Trinajstić information content (AvgIpc) is 3.12. The molecule has 0 bridgehead atoms. The predicted molar refractivity (Wildman–Crippen MR) is 108 cm³/mol. The Morgan fingerprint density at radius 2 is 1.86 bits per heavy atom. The molecule has 2 N–H and O–H groups in total. The van der Waals surface area contributed by atoms with Crippen LogP contribution in [0, 0.1) is 12.7 Å². The van der Waals surface area contributed by atoms with Crippen LogP contribution < -0.4 is 10.0 Å². The van der Waals surface area contributed by atoms with Gasteiger partial charge in [0.15, 0.2) is 0 Å². The normalized spacial score (nSPS) is 11.2. The summed E-state index contributed by atoms with van der Waals surface area (Å²) < 4.78 is 42.5. The van der Waals surface area contributed by atoms with Crippen molar-refractivity contribution in [3.8, 4) is 0 Å². The van der Waals surface area contributed by atoms with Gasteiger partial charge in [0.1, 0.15) is 5.82 Å². The van der Waals surface area contributed by atoms with Gasteiger partial charge in [-0.05, 0) is 55.3 Å². The first-order valence-electron chi connectivity index (χ1n) is 9.00. The van der Waals surface area contributed by atoms with Crippen LogP contribution in [0.2, 0.25) is 0 Å². The van der Waals surface area contributed by atoms with E-state index < -0.39 is 15.8 Å². The molecule has 1 heterocycles. The van der Waals surface area contributed by atoms with E-state index in [0.717, 1.165) is 5.56 Å². The van der Waals surface area contributed by atoms with Crippen LogP contribution in [0.1, 0.15) is 22.3 Å². The van der Waals surface area contributed by atoms with Gasteiger partial charge in [-0.25, -0.2) is 12.8 Å². The van der Waals surface area contributed by atoms with E-state index in [4.69, 9.17) is 0 Å². The molecule has 0 fully saturated rings. The number of aromatic nitrogens is 2. The van der Waals surface area contributed by atoms with Crippen molar-refractivity contribution >= 4 is 21.6 Å². The van der Waals surface area contributed by atoms with E-state index in [1.807, 2.05) is 17.8 Å². The van der Waals surface area contributed by atoms with Crippen LogP contribution in [0.3, 0.4) is 0 Å². The van der Waals surface area contributed by atoms with Gasteiger partial charge in [0, 0.05) is 24.8 Å². The molecule has 0 saturated heterocycles. The molecule has 0 radical (unpaired) electrons. The molecule has 0 spiro atoms. The van der Waals surface area contributed by atoms with Crippen LogP contribution in [0.15, 0.2) is 65.8 Å². The first-order chi connectivity index (χ1) is 13.8. The smallest absolute Gasteiger partial charge is 0.261 e. The topological polar surface area (TPSA) is 93.1 Å². The third kappa shape index (κ3) is 5.41. The molecule has 2 aromatic carbocycles. The van der Waals surface area contributed by atoms with Crippen LogP contribution in [-0.2, 0) is 16.6 Å². The molecule has 152 valence electrons. The Kier molecular flexibility index (Phi) is 6.28. The van der Waals surface area contributed by atoms with Gasteiger partial charge in [-0.15, -0.1) is 0 Å². The Labute approximate surface area is 168 Å². The lowest BCUT2D eigenvalue weighted by Gasteiger charge is -2.10. The molecule has 9 heteroatoms. The Hall–Kier alpha value is -3.20. The number of benzene rings is 2. The highest BCUT2D eigenvalue weighted by Crippen LogP contribution is 2.19. The van der Waals surface area contributed by atoms with Crippen molar-refractivity contribution in [2.24, 2.45) is 0 Å². The van der Waals surface area contributed by atoms with Crippen LogP contribution in [0.25, 0.3) is 0 Å². The first kappa shape index (κ1) is 20.5. The molecule has 1 aromatic heterocycles. The summed E-state index contributed by atoms with van der Waals surface area (Å²) in [6.45, 7) is 3.11. The fraction of sp³-hybridized carbons (Fsp3) is 0.200. The van der Waals surface area contributed by atoms with Crippen LogP contribution in [0.4, 0.5) is 10.1 Å². The summed E-state index contributed by atoms with van der Waals surface area (Å²) in [5.74, 6) is -0.968. The summed E-state index contributed by atoms with van der Waals surface area (Å²) in [6, 6.07) is 11.0. The fourth-order valence-corrected chi connectivity index (χ4v) is 3.73. The SMILES string of the molecule is Cc1cnn(CCCNC(=O)c2ccc(S(=O)(=O)Nc3ccccc3F)cc2)c1. The molecule has 0 aliphatic carbocycles. The summed E-state index contributed by atoms with van der Waals surface area (Å²) in [5, 5.41) is 6.96. The lowest BCUT2D eigenvalue weighted by atomic mass is 10.2. The maximum absolute atomic E-state index is 13.7. The number of hydrogen-bond acceptors (Lipinski definition) is 4. The Balaban J connectivity index is 1.56. The van der Waals surface area contributed by atoms with Gasteiger partial charge in [-0.2, -0.15) is 5.10 Å². The number of para-hydroxylation sites is 1. The van der Waals surface area contributed by atoms with Crippen LogP contribution in [0.5, 0.6) is 0 Å². The van der Waals surface area contributed by atoms with E-state index in [1.165, 1.54) is 48.5 Å². The highest BCUT2D eigenvalue weighted by atomic mass is 32.2. The number of nitrogens with zero attached hydrogens (tertiary/aromatic N) is 2. The van der Waals surface area contributed by atoms with E-state index in [0.29, 0.717) is 25.1 Å². The third-order valence-electron chi connectivity index (χ3n) is 4.16. The molecule has 0 atom stereocenters. The monoisotopic (exact) mass is 416 g/mol.